The van der Waals surface area contributed by atoms with Crippen LogP contribution in [0.3, 0.4) is 0 Å². The molecule has 0 amide bonds. The van der Waals surface area contributed by atoms with E-state index in [0.717, 1.165) is 18.4 Å². The average Bonchev–Trinajstić information content (AvgIpc) is 2.13. The van der Waals surface area contributed by atoms with E-state index < -0.39 is 0 Å². The molecule has 1 heteroatoms. The van der Waals surface area contributed by atoms with Gasteiger partial charge in [0.05, 0.1) is 12.2 Å². The molecule has 0 N–H and O–H groups in total. The number of ether oxygens (including phenoxy) is 1. The van der Waals surface area contributed by atoms with Crippen molar-refractivity contribution in [3.05, 3.63) is 0 Å². The summed E-state index contributed by atoms with van der Waals surface area (Å²) < 4.78 is 5.68. The molecule has 3 fully saturated rings. The molecule has 0 unspecified atom stereocenters. The van der Waals surface area contributed by atoms with Crippen LogP contribution >= 0.6 is 0 Å². The summed E-state index contributed by atoms with van der Waals surface area (Å²) in [7, 11) is 0. The van der Waals surface area contributed by atoms with Crippen molar-refractivity contribution in [2.45, 2.75) is 32.3 Å². The van der Waals surface area contributed by atoms with Crippen LogP contribution in [0.5, 0.6) is 0 Å². The van der Waals surface area contributed by atoms with E-state index in [1.807, 2.05) is 0 Å². The molecule has 0 aromatic rings. The molecule has 2 aliphatic heterocycles. The monoisotopic (exact) mass is 126 g/mol. The van der Waals surface area contributed by atoms with Crippen LogP contribution in [-0.2, 0) is 4.74 Å². The normalized spacial score (nSPS) is 47.7. The predicted octanol–water partition coefficient (Wildman–Crippen LogP) is 1.82. The van der Waals surface area contributed by atoms with Crippen LogP contribution in [0.15, 0.2) is 0 Å². The van der Waals surface area contributed by atoms with E-state index in [4.69, 9.17) is 4.74 Å². The van der Waals surface area contributed by atoms with Crippen molar-refractivity contribution in [3.8, 4) is 0 Å². The third-order valence-corrected chi connectivity index (χ3v) is 2.93. The summed E-state index contributed by atoms with van der Waals surface area (Å²) in [5.41, 5.74) is 0.338. The van der Waals surface area contributed by atoms with Gasteiger partial charge in [0.25, 0.3) is 0 Å². The summed E-state index contributed by atoms with van der Waals surface area (Å²) in [5, 5.41) is 0. The summed E-state index contributed by atoms with van der Waals surface area (Å²) in [5.74, 6) is 1.66. The summed E-state index contributed by atoms with van der Waals surface area (Å²) >= 11 is 0. The Morgan fingerprint density at radius 2 is 2.11 bits per heavy atom. The van der Waals surface area contributed by atoms with E-state index in [1.165, 1.54) is 12.8 Å². The zero-order chi connectivity index (χ0) is 6.48. The predicted molar refractivity (Wildman–Crippen MR) is 36.2 cm³/mol. The average molecular weight is 126 g/mol. The minimum absolute atomic E-state index is 0.338. The van der Waals surface area contributed by atoms with Gasteiger partial charge in [-0.25, -0.2) is 0 Å². The van der Waals surface area contributed by atoms with E-state index in [1.54, 1.807) is 0 Å². The zero-order valence-corrected chi connectivity index (χ0v) is 6.18. The molecule has 0 spiro atoms. The van der Waals surface area contributed by atoms with Crippen LogP contribution in [0.1, 0.15) is 26.7 Å². The molecular weight excluding hydrogens is 112 g/mol. The van der Waals surface area contributed by atoms with Gasteiger partial charge in [-0.1, -0.05) is 13.8 Å². The summed E-state index contributed by atoms with van der Waals surface area (Å²) in [6.07, 6.45) is 2.68. The maximum atomic E-state index is 5.68. The van der Waals surface area contributed by atoms with Gasteiger partial charge in [0.1, 0.15) is 0 Å². The van der Waals surface area contributed by atoms with E-state index >= 15 is 0 Å². The van der Waals surface area contributed by atoms with Crippen LogP contribution < -0.4 is 0 Å². The van der Waals surface area contributed by atoms with Crippen molar-refractivity contribution in [2.75, 3.05) is 6.61 Å². The van der Waals surface area contributed by atoms with Gasteiger partial charge >= 0.3 is 0 Å². The molecule has 1 aliphatic carbocycles. The lowest BCUT2D eigenvalue weighted by atomic mass is 9.69. The van der Waals surface area contributed by atoms with Crippen molar-refractivity contribution < 1.29 is 4.74 Å². The second-order valence-electron chi connectivity index (χ2n) is 3.80. The zero-order valence-electron chi connectivity index (χ0n) is 6.18. The van der Waals surface area contributed by atoms with Gasteiger partial charge in [-0.2, -0.15) is 0 Å². The first-order valence-corrected chi connectivity index (χ1v) is 3.87. The number of fused-ring (bicyclic) bond motifs is 1. The molecule has 0 aromatic heterocycles. The van der Waals surface area contributed by atoms with E-state index in [9.17, 15) is 0 Å². The summed E-state index contributed by atoms with van der Waals surface area (Å²) in [6, 6.07) is 0. The first-order chi connectivity index (χ1) is 4.23. The fourth-order valence-corrected chi connectivity index (χ4v) is 2.08. The van der Waals surface area contributed by atoms with Crippen molar-refractivity contribution in [1.29, 1.82) is 0 Å². The first kappa shape index (κ1) is 5.72. The molecule has 2 heterocycles. The molecule has 9 heavy (non-hydrogen) atoms. The van der Waals surface area contributed by atoms with Crippen LogP contribution in [0.25, 0.3) is 0 Å². The Hall–Kier alpha value is -0.0400. The van der Waals surface area contributed by atoms with Crippen molar-refractivity contribution in [1.82, 2.24) is 0 Å². The number of rotatable bonds is 1. The minimum Gasteiger partial charge on any atom is -0.374 e. The topological polar surface area (TPSA) is 9.23 Å². The molecule has 3 rings (SSSR count). The van der Waals surface area contributed by atoms with Crippen LogP contribution in [0.2, 0.25) is 0 Å². The molecule has 1 saturated carbocycles. The van der Waals surface area contributed by atoms with Crippen molar-refractivity contribution in [3.63, 3.8) is 0 Å². The largest absolute Gasteiger partial charge is 0.374 e. The molecule has 2 bridgehead atoms. The van der Waals surface area contributed by atoms with Crippen molar-refractivity contribution >= 4 is 0 Å². The summed E-state index contributed by atoms with van der Waals surface area (Å²) in [4.78, 5) is 0. The molecule has 3 aliphatic rings. The quantitative estimate of drug-likeness (QED) is 0.520. The van der Waals surface area contributed by atoms with Gasteiger partial charge in [0.15, 0.2) is 0 Å². The molecule has 0 radical (unpaired) electrons. The van der Waals surface area contributed by atoms with E-state index in [0.29, 0.717) is 5.60 Å². The second-order valence-corrected chi connectivity index (χ2v) is 3.80. The van der Waals surface area contributed by atoms with Crippen LogP contribution in [-0.4, -0.2) is 12.2 Å². The smallest absolute Gasteiger partial charge is 0.0712 e. The number of hydrogen-bond donors (Lipinski definition) is 0. The molecule has 2 saturated heterocycles. The maximum absolute atomic E-state index is 5.68. The van der Waals surface area contributed by atoms with E-state index in [2.05, 4.69) is 13.8 Å². The lowest BCUT2D eigenvalue weighted by Gasteiger charge is -2.39. The van der Waals surface area contributed by atoms with E-state index in [-0.39, 0.29) is 0 Å². The Bertz CT molecular complexity index is 117. The molecular formula is C8H14O. The lowest BCUT2D eigenvalue weighted by molar-refractivity contribution is -0.0389. The number of hydrogen-bond acceptors (Lipinski definition) is 1. The summed E-state index contributed by atoms with van der Waals surface area (Å²) in [6.45, 7) is 5.57. The fraction of sp³-hybridized carbons (Fsp3) is 1.00. The molecule has 0 atom stereocenters. The Balaban J connectivity index is 2.10. The highest BCUT2D eigenvalue weighted by Crippen LogP contribution is 2.52. The van der Waals surface area contributed by atoms with Crippen LogP contribution in [0, 0.1) is 11.8 Å². The highest BCUT2D eigenvalue weighted by atomic mass is 16.5. The third-order valence-electron chi connectivity index (χ3n) is 2.93. The third kappa shape index (κ3) is 0.586. The lowest BCUT2D eigenvalue weighted by Crippen LogP contribution is -2.41. The van der Waals surface area contributed by atoms with Gasteiger partial charge < -0.3 is 4.74 Å². The fourth-order valence-electron chi connectivity index (χ4n) is 2.08. The Kier molecular flexibility index (Phi) is 0.963. The molecule has 0 aromatic carbocycles. The van der Waals surface area contributed by atoms with Gasteiger partial charge in [-0.05, 0) is 24.7 Å². The maximum Gasteiger partial charge on any atom is 0.0712 e. The minimum atomic E-state index is 0.338. The van der Waals surface area contributed by atoms with Crippen molar-refractivity contribution in [2.24, 2.45) is 11.8 Å². The Morgan fingerprint density at radius 3 is 2.33 bits per heavy atom. The van der Waals surface area contributed by atoms with Crippen LogP contribution in [0.4, 0.5) is 0 Å². The Morgan fingerprint density at radius 1 is 1.44 bits per heavy atom. The molecule has 1 nitrogen and oxygen atoms in total. The molecule has 52 valence electrons. The highest BCUT2D eigenvalue weighted by Gasteiger charge is 2.53. The standard InChI is InChI=1S/C8H14O/c1-6(2)8-3-7(4-8)5-9-8/h6-7H,3-5H2,1-2H3. The Labute approximate surface area is 56.4 Å². The first-order valence-electron chi connectivity index (χ1n) is 3.87. The highest BCUT2D eigenvalue weighted by molar-refractivity contribution is 5.03. The SMILES string of the molecule is CC(C)C12CC(CO1)C2. The second kappa shape index (κ2) is 1.51. The van der Waals surface area contributed by atoms with Gasteiger partial charge in [-0.15, -0.1) is 0 Å². The van der Waals surface area contributed by atoms with Gasteiger partial charge in [-0.3, -0.25) is 0 Å². The van der Waals surface area contributed by atoms with Gasteiger partial charge in [0, 0.05) is 0 Å². The van der Waals surface area contributed by atoms with Gasteiger partial charge in [0.2, 0.25) is 0 Å².